The van der Waals surface area contributed by atoms with E-state index in [2.05, 4.69) is 19.9 Å². The van der Waals surface area contributed by atoms with E-state index >= 15 is 0 Å². The van der Waals surface area contributed by atoms with Crippen molar-refractivity contribution < 1.29 is 14.3 Å². The number of hydrogen-bond acceptors (Lipinski definition) is 3. The molecule has 0 radical (unpaired) electrons. The van der Waals surface area contributed by atoms with E-state index in [0.717, 1.165) is 18.4 Å². The molecule has 0 bridgehead atoms. The Hall–Kier alpha value is -1.64. The Kier molecular flexibility index (Phi) is 2.68. The maximum Gasteiger partial charge on any atom is 0.313 e. The van der Waals surface area contributed by atoms with Gasteiger partial charge in [0.2, 0.25) is 0 Å². The Morgan fingerprint density at radius 3 is 2.77 bits per heavy atom. The van der Waals surface area contributed by atoms with E-state index in [1.54, 1.807) is 6.92 Å². The molecule has 3 aliphatic rings. The Morgan fingerprint density at radius 2 is 2.05 bits per heavy atom. The van der Waals surface area contributed by atoms with Crippen LogP contribution in [0.4, 0.5) is 0 Å². The topological polar surface area (TPSA) is 43.4 Å². The Labute approximate surface area is 131 Å². The lowest BCUT2D eigenvalue weighted by molar-refractivity contribution is -0.169. The molecule has 0 amide bonds. The van der Waals surface area contributed by atoms with Gasteiger partial charge in [-0.15, -0.1) is 0 Å². The van der Waals surface area contributed by atoms with E-state index in [-0.39, 0.29) is 28.5 Å². The van der Waals surface area contributed by atoms with Crippen molar-refractivity contribution in [3.8, 4) is 0 Å². The number of Topliss-reactive ketones (excluding diaryl/α,β-unsaturated/α-hetero) is 1. The van der Waals surface area contributed by atoms with Gasteiger partial charge in [0.1, 0.15) is 0 Å². The molecule has 3 nitrogen and oxygen atoms in total. The van der Waals surface area contributed by atoms with Gasteiger partial charge in [0, 0.05) is 11.0 Å². The fourth-order valence-corrected chi connectivity index (χ4v) is 5.50. The number of benzene rings is 1. The number of cyclic esters (lactones) is 1. The molecule has 1 aromatic rings. The van der Waals surface area contributed by atoms with E-state index in [0.29, 0.717) is 18.1 Å². The zero-order valence-electron chi connectivity index (χ0n) is 13.4. The van der Waals surface area contributed by atoms with Crippen LogP contribution in [-0.2, 0) is 14.9 Å². The molecule has 1 aliphatic heterocycles. The number of carbonyl (C=O) groups excluding carboxylic acids is 2. The molecule has 4 rings (SSSR count). The van der Waals surface area contributed by atoms with Crippen LogP contribution in [0.5, 0.6) is 0 Å². The molecule has 0 aromatic heterocycles. The quantitative estimate of drug-likeness (QED) is 0.587. The van der Waals surface area contributed by atoms with Gasteiger partial charge in [-0.05, 0) is 48.3 Å². The number of hydrogen-bond donors (Lipinski definition) is 0. The first-order chi connectivity index (χ1) is 10.4. The van der Waals surface area contributed by atoms with E-state index < -0.39 is 0 Å². The molecule has 0 spiro atoms. The molecule has 4 atom stereocenters. The molecule has 0 N–H and O–H groups in total. The van der Waals surface area contributed by atoms with Crippen molar-refractivity contribution in [2.24, 2.45) is 11.3 Å². The van der Waals surface area contributed by atoms with Gasteiger partial charge < -0.3 is 4.74 Å². The second-order valence-corrected chi connectivity index (χ2v) is 7.85. The van der Waals surface area contributed by atoms with Crippen LogP contribution in [0, 0.1) is 11.3 Å². The SMILES string of the molecule is CC(=O)c1ccc2c(c1)[C@@H]1C(=O)OC[C@]3(C)CCC[C@]2(C)[C@H]13. The normalized spacial score (nSPS) is 39.0. The monoisotopic (exact) mass is 298 g/mol. The summed E-state index contributed by atoms with van der Waals surface area (Å²) in [6.07, 6.45) is 3.40. The lowest BCUT2D eigenvalue weighted by Gasteiger charge is -2.52. The highest BCUT2D eigenvalue weighted by molar-refractivity contribution is 5.95. The molecule has 2 fully saturated rings. The van der Waals surface area contributed by atoms with Crippen LogP contribution in [0.15, 0.2) is 18.2 Å². The van der Waals surface area contributed by atoms with Crippen LogP contribution in [0.25, 0.3) is 0 Å². The molecule has 1 aromatic carbocycles. The smallest absolute Gasteiger partial charge is 0.313 e. The molecule has 1 heterocycles. The maximum atomic E-state index is 12.5. The minimum absolute atomic E-state index is 0.0295. The molecule has 22 heavy (non-hydrogen) atoms. The number of ketones is 1. The summed E-state index contributed by atoms with van der Waals surface area (Å²) in [7, 11) is 0. The van der Waals surface area contributed by atoms with Gasteiger partial charge in [-0.1, -0.05) is 32.4 Å². The molecular formula is C19H22O3. The van der Waals surface area contributed by atoms with Crippen LogP contribution in [0.1, 0.15) is 67.4 Å². The summed E-state index contributed by atoms with van der Waals surface area (Å²) in [4.78, 5) is 24.3. The minimum Gasteiger partial charge on any atom is -0.465 e. The molecular weight excluding hydrogens is 276 g/mol. The lowest BCUT2D eigenvalue weighted by atomic mass is 9.53. The summed E-state index contributed by atoms with van der Waals surface area (Å²) in [5.74, 6) is 0.0513. The maximum absolute atomic E-state index is 12.5. The fraction of sp³-hybridized carbons (Fsp3) is 0.579. The second kappa shape index (κ2) is 4.21. The minimum atomic E-state index is -0.196. The van der Waals surface area contributed by atoms with Crippen molar-refractivity contribution in [2.75, 3.05) is 6.61 Å². The highest BCUT2D eigenvalue weighted by Crippen LogP contribution is 2.65. The highest BCUT2D eigenvalue weighted by Gasteiger charge is 2.63. The van der Waals surface area contributed by atoms with Gasteiger partial charge >= 0.3 is 5.97 Å². The van der Waals surface area contributed by atoms with Gasteiger partial charge in [-0.25, -0.2) is 0 Å². The summed E-state index contributed by atoms with van der Waals surface area (Å²) in [6.45, 7) is 6.69. The Balaban J connectivity index is 1.96. The van der Waals surface area contributed by atoms with Gasteiger partial charge in [-0.2, -0.15) is 0 Å². The number of esters is 1. The fourth-order valence-electron chi connectivity index (χ4n) is 5.50. The van der Waals surface area contributed by atoms with Crippen LogP contribution in [0.3, 0.4) is 0 Å². The summed E-state index contributed by atoms with van der Waals surface area (Å²) in [5, 5.41) is 0. The van der Waals surface area contributed by atoms with Crippen molar-refractivity contribution in [2.45, 2.75) is 51.4 Å². The highest BCUT2D eigenvalue weighted by atomic mass is 16.5. The third kappa shape index (κ3) is 1.57. The number of rotatable bonds is 1. The van der Waals surface area contributed by atoms with Crippen LogP contribution in [0.2, 0.25) is 0 Å². The van der Waals surface area contributed by atoms with E-state index in [1.807, 2.05) is 12.1 Å². The van der Waals surface area contributed by atoms with Crippen LogP contribution < -0.4 is 0 Å². The number of carbonyl (C=O) groups is 2. The van der Waals surface area contributed by atoms with Gasteiger partial charge in [0.15, 0.2) is 5.78 Å². The van der Waals surface area contributed by atoms with E-state index in [1.165, 1.54) is 12.0 Å². The average Bonchev–Trinajstić information content (AvgIpc) is 2.75. The molecule has 2 aliphatic carbocycles. The third-order valence-corrected chi connectivity index (χ3v) is 6.42. The molecule has 1 saturated carbocycles. The van der Waals surface area contributed by atoms with Crippen molar-refractivity contribution in [3.63, 3.8) is 0 Å². The zero-order chi connectivity index (χ0) is 15.7. The van der Waals surface area contributed by atoms with Crippen LogP contribution >= 0.6 is 0 Å². The van der Waals surface area contributed by atoms with Gasteiger partial charge in [-0.3, -0.25) is 9.59 Å². The standard InChI is InChI=1S/C19H22O3/c1-11(20)12-5-6-14-13(9-12)15-16-18(2,10-22-17(15)21)7-4-8-19(14,16)3/h5-6,9,15-16H,4,7-8,10H2,1-3H3/t15-,16+,18-,19-/m0/s1. The van der Waals surface area contributed by atoms with E-state index in [9.17, 15) is 9.59 Å². The van der Waals surface area contributed by atoms with Crippen LogP contribution in [-0.4, -0.2) is 18.4 Å². The summed E-state index contributed by atoms with van der Waals surface area (Å²) < 4.78 is 5.56. The van der Waals surface area contributed by atoms with Crippen molar-refractivity contribution in [1.29, 1.82) is 0 Å². The zero-order valence-corrected chi connectivity index (χ0v) is 13.4. The Morgan fingerprint density at radius 1 is 1.27 bits per heavy atom. The Bertz CT molecular complexity index is 692. The lowest BCUT2D eigenvalue weighted by Crippen LogP contribution is -2.52. The van der Waals surface area contributed by atoms with Crippen molar-refractivity contribution >= 4 is 11.8 Å². The van der Waals surface area contributed by atoms with E-state index in [4.69, 9.17) is 4.74 Å². The van der Waals surface area contributed by atoms with Gasteiger partial charge in [0.05, 0.1) is 12.5 Å². The summed E-state index contributed by atoms with van der Waals surface area (Å²) >= 11 is 0. The number of ether oxygens (including phenoxy) is 1. The van der Waals surface area contributed by atoms with Crippen molar-refractivity contribution in [1.82, 2.24) is 0 Å². The van der Waals surface area contributed by atoms with Gasteiger partial charge in [0.25, 0.3) is 0 Å². The first-order valence-electron chi connectivity index (χ1n) is 8.19. The molecule has 0 unspecified atom stereocenters. The summed E-state index contributed by atoms with van der Waals surface area (Å²) in [5.41, 5.74) is 3.08. The average molecular weight is 298 g/mol. The molecule has 1 saturated heterocycles. The predicted octanol–water partition coefficient (Wildman–Crippen LogP) is 3.61. The largest absolute Gasteiger partial charge is 0.465 e. The first-order valence-corrected chi connectivity index (χ1v) is 8.19. The summed E-state index contributed by atoms with van der Waals surface area (Å²) in [6, 6.07) is 5.95. The van der Waals surface area contributed by atoms with Crippen molar-refractivity contribution in [3.05, 3.63) is 34.9 Å². The predicted molar refractivity (Wildman–Crippen MR) is 82.9 cm³/mol. The molecule has 3 heteroatoms. The second-order valence-electron chi connectivity index (χ2n) is 7.85. The molecule has 116 valence electrons. The number of fused-ring (bicyclic) bond motifs is 3. The third-order valence-electron chi connectivity index (χ3n) is 6.42. The first kappa shape index (κ1) is 14.0.